The normalized spacial score (nSPS) is 11.9. The van der Waals surface area contributed by atoms with E-state index in [9.17, 15) is 0 Å². The summed E-state index contributed by atoms with van der Waals surface area (Å²) in [5, 5.41) is 38.7. The number of rotatable bonds is 6. The fourth-order valence-corrected chi connectivity index (χ4v) is 18.2. The molecule has 498 valence electrons. The van der Waals surface area contributed by atoms with Gasteiger partial charge >= 0.3 is 0 Å². The molecule has 0 atom stereocenters. The zero-order chi connectivity index (χ0) is 70.9. The Balaban J connectivity index is 0.000000134. The third-order valence-corrected chi connectivity index (χ3v) is 23.4. The molecule has 23 aromatic carbocycles. The van der Waals surface area contributed by atoms with Crippen LogP contribution in [0.15, 0.2) is 400 Å². The van der Waals surface area contributed by atoms with Crippen LogP contribution in [0.25, 0.3) is 228 Å². The lowest BCUT2D eigenvalue weighted by atomic mass is 9.87. The van der Waals surface area contributed by atoms with Crippen LogP contribution >= 0.6 is 0 Å². The predicted octanol–water partition coefficient (Wildman–Crippen LogP) is 30.7. The van der Waals surface area contributed by atoms with Crippen molar-refractivity contribution in [3.8, 4) is 66.8 Å². The molecule has 0 spiro atoms. The molecule has 0 amide bonds. The summed E-state index contributed by atoms with van der Waals surface area (Å²) in [6.45, 7) is 0. The first-order chi connectivity index (χ1) is 53.5. The van der Waals surface area contributed by atoms with Crippen molar-refractivity contribution in [1.82, 2.24) is 0 Å². The van der Waals surface area contributed by atoms with Crippen molar-refractivity contribution in [2.75, 3.05) is 0 Å². The molecule has 23 rings (SSSR count). The first-order valence-corrected chi connectivity index (χ1v) is 37.6. The molecule has 0 aliphatic heterocycles. The Morgan fingerprint density at radius 3 is 0.685 bits per heavy atom. The van der Waals surface area contributed by atoms with Gasteiger partial charge in [0.25, 0.3) is 0 Å². The van der Waals surface area contributed by atoms with Crippen LogP contribution in [0.1, 0.15) is 0 Å². The summed E-state index contributed by atoms with van der Waals surface area (Å²) in [6.07, 6.45) is 0. The SMILES string of the molecule is c1ccc2c(c1)ccc1cc(-c3ccc(-c4ccc5ccc(-c6cc7c8ccccc8c8ccccc8c7c7ccccc67)cc5c4)cc3)c3ccccc3c12.c1ccc2c(c1)ccc1cc(-c3ccc(-c4ccc5ccc(-c6cc7ccc8ccccc8c7c7ccccc67)cc5c4)cc3)c3ccccc3c12. The first-order valence-electron chi connectivity index (χ1n) is 37.6. The van der Waals surface area contributed by atoms with Gasteiger partial charge in [0.1, 0.15) is 0 Å². The van der Waals surface area contributed by atoms with Gasteiger partial charge < -0.3 is 0 Å². The maximum Gasteiger partial charge on any atom is -0.00199 e. The minimum Gasteiger partial charge on any atom is -0.0616 e. The highest BCUT2D eigenvalue weighted by molar-refractivity contribution is 6.34. The van der Waals surface area contributed by atoms with Crippen molar-refractivity contribution < 1.29 is 0 Å². The molecule has 0 heteroatoms. The van der Waals surface area contributed by atoms with Gasteiger partial charge in [-0.3, -0.25) is 0 Å². The Morgan fingerprint density at radius 2 is 0.315 bits per heavy atom. The van der Waals surface area contributed by atoms with E-state index in [-0.39, 0.29) is 0 Å². The highest BCUT2D eigenvalue weighted by Crippen LogP contribution is 2.47. The van der Waals surface area contributed by atoms with Gasteiger partial charge in [0.05, 0.1) is 0 Å². The van der Waals surface area contributed by atoms with E-state index in [0.717, 1.165) is 0 Å². The van der Waals surface area contributed by atoms with E-state index in [1.807, 2.05) is 0 Å². The summed E-state index contributed by atoms with van der Waals surface area (Å²) < 4.78 is 0. The molecule has 0 radical (unpaired) electrons. The molecule has 0 fully saturated rings. The molecule has 0 N–H and O–H groups in total. The van der Waals surface area contributed by atoms with E-state index in [1.165, 1.54) is 228 Å². The van der Waals surface area contributed by atoms with Crippen LogP contribution < -0.4 is 0 Å². The lowest BCUT2D eigenvalue weighted by Gasteiger charge is -2.16. The third-order valence-electron chi connectivity index (χ3n) is 23.4. The van der Waals surface area contributed by atoms with Crippen LogP contribution in [0, 0.1) is 0 Å². The molecule has 108 heavy (non-hydrogen) atoms. The Kier molecular flexibility index (Phi) is 14.1. The zero-order valence-electron chi connectivity index (χ0n) is 59.1. The van der Waals surface area contributed by atoms with Gasteiger partial charge in [0.15, 0.2) is 0 Å². The van der Waals surface area contributed by atoms with Crippen LogP contribution in [0.5, 0.6) is 0 Å². The molecular weight excluding hydrogens is 1300 g/mol. The molecule has 0 aromatic heterocycles. The number of hydrogen-bond donors (Lipinski definition) is 0. The van der Waals surface area contributed by atoms with Crippen molar-refractivity contribution >= 4 is 162 Å². The lowest BCUT2D eigenvalue weighted by molar-refractivity contribution is 1.62. The minimum absolute atomic E-state index is 1.21. The van der Waals surface area contributed by atoms with Crippen molar-refractivity contribution in [3.63, 3.8) is 0 Å². The van der Waals surface area contributed by atoms with Gasteiger partial charge in [-0.15, -0.1) is 0 Å². The second-order valence-corrected chi connectivity index (χ2v) is 29.3. The average Bonchev–Trinajstić information content (AvgIpc) is 0.764. The monoisotopic (exact) mass is 1360 g/mol. The average molecular weight is 1360 g/mol. The topological polar surface area (TPSA) is 0 Å². The number of benzene rings is 23. The summed E-state index contributed by atoms with van der Waals surface area (Å²) in [7, 11) is 0. The Bertz CT molecular complexity index is 7710. The van der Waals surface area contributed by atoms with Crippen LogP contribution in [-0.4, -0.2) is 0 Å². The van der Waals surface area contributed by atoms with E-state index in [1.54, 1.807) is 0 Å². The van der Waals surface area contributed by atoms with Gasteiger partial charge in [-0.25, -0.2) is 0 Å². The molecular formula is C108H66. The van der Waals surface area contributed by atoms with Gasteiger partial charge in [0.2, 0.25) is 0 Å². The van der Waals surface area contributed by atoms with Crippen molar-refractivity contribution in [2.24, 2.45) is 0 Å². The van der Waals surface area contributed by atoms with E-state index in [0.29, 0.717) is 0 Å². The standard InChI is InChI=1S/C56H34.C52H32/c1-2-12-43-37(11-1)27-30-41-33-52(47-16-6-8-18-49(47)55(41)43)38-25-21-35(22-26-38)39-28-23-36-24-29-40(32-42(36)31-39)53-34-54-46-15-4-3-13-44(46)45-14-5-9-19-50(45)56(54)51-20-10-7-17-48(51)53;1-3-11-43-35(9-1)23-27-40-31-49(45-13-5-7-15-47(45)51(40)43)37-21-17-33(18-22-37)38-25-19-34-20-26-39(30-42(34)29-38)50-32-41-28-24-36-10-2-4-12-44(36)52(41)48-16-8-6-14-46(48)50/h1-34H;1-32H. The molecule has 0 heterocycles. The molecule has 0 aliphatic carbocycles. The second kappa shape index (κ2) is 24.8. The van der Waals surface area contributed by atoms with Crippen LogP contribution in [0.3, 0.4) is 0 Å². The molecule has 0 saturated carbocycles. The summed E-state index contributed by atoms with van der Waals surface area (Å²) >= 11 is 0. The fraction of sp³-hybridized carbons (Fsp3) is 0. The number of hydrogen-bond acceptors (Lipinski definition) is 0. The summed E-state index contributed by atoms with van der Waals surface area (Å²) in [6, 6.07) is 148. The molecule has 0 unspecified atom stereocenters. The van der Waals surface area contributed by atoms with Gasteiger partial charge in [-0.05, 0) is 277 Å². The molecule has 0 nitrogen and oxygen atoms in total. The summed E-state index contributed by atoms with van der Waals surface area (Å²) in [5.74, 6) is 0. The molecule has 0 bridgehead atoms. The minimum atomic E-state index is 1.21. The Morgan fingerprint density at radius 1 is 0.0926 bits per heavy atom. The third kappa shape index (κ3) is 9.99. The lowest BCUT2D eigenvalue weighted by Crippen LogP contribution is -1.89. The van der Waals surface area contributed by atoms with Crippen molar-refractivity contribution in [2.45, 2.75) is 0 Å². The quantitative estimate of drug-likeness (QED) is 0.146. The predicted molar refractivity (Wildman–Crippen MR) is 468 cm³/mol. The highest BCUT2D eigenvalue weighted by Gasteiger charge is 2.19. The maximum absolute atomic E-state index is 2.44. The van der Waals surface area contributed by atoms with E-state index < -0.39 is 0 Å². The van der Waals surface area contributed by atoms with E-state index >= 15 is 0 Å². The smallest absolute Gasteiger partial charge is 0.00199 e. The van der Waals surface area contributed by atoms with Crippen molar-refractivity contribution in [3.05, 3.63) is 400 Å². The Hall–Kier alpha value is -14.0. The summed E-state index contributed by atoms with van der Waals surface area (Å²) in [5.41, 5.74) is 14.9. The van der Waals surface area contributed by atoms with Gasteiger partial charge in [0, 0.05) is 0 Å². The second-order valence-electron chi connectivity index (χ2n) is 29.3. The largest absolute Gasteiger partial charge is 0.0616 e. The molecule has 0 saturated heterocycles. The first kappa shape index (κ1) is 61.4. The maximum atomic E-state index is 2.44. The van der Waals surface area contributed by atoms with E-state index in [2.05, 4.69) is 400 Å². The fourth-order valence-electron chi connectivity index (χ4n) is 18.2. The molecule has 23 aromatic rings. The molecule has 0 aliphatic rings. The van der Waals surface area contributed by atoms with Gasteiger partial charge in [-0.1, -0.05) is 352 Å². The Labute approximate surface area is 624 Å². The zero-order valence-corrected chi connectivity index (χ0v) is 59.1. The van der Waals surface area contributed by atoms with Crippen LogP contribution in [-0.2, 0) is 0 Å². The van der Waals surface area contributed by atoms with Gasteiger partial charge in [-0.2, -0.15) is 0 Å². The van der Waals surface area contributed by atoms with Crippen LogP contribution in [0.2, 0.25) is 0 Å². The van der Waals surface area contributed by atoms with Crippen LogP contribution in [0.4, 0.5) is 0 Å². The number of fused-ring (bicyclic) bond motifs is 25. The summed E-state index contributed by atoms with van der Waals surface area (Å²) in [4.78, 5) is 0. The van der Waals surface area contributed by atoms with Crippen molar-refractivity contribution in [1.29, 1.82) is 0 Å². The van der Waals surface area contributed by atoms with E-state index in [4.69, 9.17) is 0 Å². The highest BCUT2D eigenvalue weighted by atomic mass is 14.2.